The summed E-state index contributed by atoms with van der Waals surface area (Å²) in [6.07, 6.45) is 5.08. The van der Waals surface area contributed by atoms with E-state index in [0.29, 0.717) is 5.56 Å². The zero-order chi connectivity index (χ0) is 8.72. The normalized spacial score (nSPS) is 14.8. The molecule has 3 nitrogen and oxygen atoms in total. The molecule has 0 atom stereocenters. The summed E-state index contributed by atoms with van der Waals surface area (Å²) in [7, 11) is 1.97. The Hall–Kier alpha value is -1.25. The summed E-state index contributed by atoms with van der Waals surface area (Å²) in [5.74, 6) is -0.297. The molecule has 0 aliphatic heterocycles. The van der Waals surface area contributed by atoms with Crippen molar-refractivity contribution >= 4 is 5.91 Å². The minimum absolute atomic E-state index is 0.297. The molecule has 0 fully saturated rings. The van der Waals surface area contributed by atoms with Crippen LogP contribution in [0.5, 0.6) is 0 Å². The van der Waals surface area contributed by atoms with Crippen LogP contribution in [0.2, 0.25) is 0 Å². The highest BCUT2D eigenvalue weighted by Gasteiger charge is 2.21. The topological polar surface area (TPSA) is 48.0 Å². The first-order chi connectivity index (χ1) is 5.70. The summed E-state index contributed by atoms with van der Waals surface area (Å²) >= 11 is 0. The van der Waals surface area contributed by atoms with Crippen LogP contribution in [0.15, 0.2) is 6.20 Å². The Morgan fingerprint density at radius 3 is 3.00 bits per heavy atom. The quantitative estimate of drug-likeness (QED) is 0.649. The van der Waals surface area contributed by atoms with E-state index < -0.39 is 0 Å². The van der Waals surface area contributed by atoms with E-state index in [1.165, 1.54) is 11.3 Å². The van der Waals surface area contributed by atoms with Gasteiger partial charge < -0.3 is 10.3 Å². The van der Waals surface area contributed by atoms with Crippen molar-refractivity contribution in [3.8, 4) is 0 Å². The fourth-order valence-electron chi connectivity index (χ4n) is 1.97. The van der Waals surface area contributed by atoms with Gasteiger partial charge in [0.1, 0.15) is 0 Å². The summed E-state index contributed by atoms with van der Waals surface area (Å²) in [5, 5.41) is 0. The lowest BCUT2D eigenvalue weighted by molar-refractivity contribution is 0.0999. The highest BCUT2D eigenvalue weighted by molar-refractivity contribution is 5.94. The highest BCUT2D eigenvalue weighted by Crippen LogP contribution is 2.26. The van der Waals surface area contributed by atoms with Crippen LogP contribution in [0.25, 0.3) is 0 Å². The van der Waals surface area contributed by atoms with Crippen LogP contribution < -0.4 is 5.73 Å². The van der Waals surface area contributed by atoms with Gasteiger partial charge in [-0.15, -0.1) is 0 Å². The molecule has 2 N–H and O–H groups in total. The van der Waals surface area contributed by atoms with Crippen LogP contribution in [0.3, 0.4) is 0 Å². The SMILES string of the molecule is Cn1cc(C(N)=O)c2c1CCC2. The third kappa shape index (κ3) is 0.858. The van der Waals surface area contributed by atoms with Gasteiger partial charge in [-0.2, -0.15) is 0 Å². The van der Waals surface area contributed by atoms with E-state index in [1.54, 1.807) is 0 Å². The van der Waals surface area contributed by atoms with Crippen LogP contribution in [-0.2, 0) is 19.9 Å². The number of aromatic nitrogens is 1. The van der Waals surface area contributed by atoms with Crippen molar-refractivity contribution in [3.05, 3.63) is 23.0 Å². The second-order valence-electron chi connectivity index (χ2n) is 3.30. The van der Waals surface area contributed by atoms with Crippen molar-refractivity contribution in [3.63, 3.8) is 0 Å². The summed E-state index contributed by atoms with van der Waals surface area (Å²) in [6, 6.07) is 0. The lowest BCUT2D eigenvalue weighted by Gasteiger charge is -1.94. The molecule has 1 aliphatic rings. The maximum Gasteiger partial charge on any atom is 0.250 e. The van der Waals surface area contributed by atoms with Crippen LogP contribution in [0.4, 0.5) is 0 Å². The Morgan fingerprint density at radius 1 is 1.58 bits per heavy atom. The number of carbonyl (C=O) groups is 1. The van der Waals surface area contributed by atoms with E-state index in [2.05, 4.69) is 0 Å². The number of hydrogen-bond donors (Lipinski definition) is 1. The average Bonchev–Trinajstić information content (AvgIpc) is 2.53. The Balaban J connectivity index is 2.58. The second-order valence-corrected chi connectivity index (χ2v) is 3.30. The van der Waals surface area contributed by atoms with Crippen molar-refractivity contribution in [2.75, 3.05) is 0 Å². The van der Waals surface area contributed by atoms with Gasteiger partial charge >= 0.3 is 0 Å². The van der Waals surface area contributed by atoms with E-state index in [1.807, 2.05) is 17.8 Å². The maximum absolute atomic E-state index is 11.0. The smallest absolute Gasteiger partial charge is 0.250 e. The third-order valence-corrected chi connectivity index (χ3v) is 2.53. The monoisotopic (exact) mass is 164 g/mol. The summed E-state index contributed by atoms with van der Waals surface area (Å²) in [5.41, 5.74) is 8.41. The van der Waals surface area contributed by atoms with Gasteiger partial charge in [0.05, 0.1) is 5.56 Å². The molecule has 1 aromatic rings. The van der Waals surface area contributed by atoms with Crippen molar-refractivity contribution in [2.24, 2.45) is 12.8 Å². The average molecular weight is 164 g/mol. The molecular formula is C9H12N2O. The fourth-order valence-corrected chi connectivity index (χ4v) is 1.97. The van der Waals surface area contributed by atoms with E-state index in [0.717, 1.165) is 19.3 Å². The number of nitrogens with zero attached hydrogens (tertiary/aromatic N) is 1. The number of amides is 1. The van der Waals surface area contributed by atoms with Crippen LogP contribution in [0, 0.1) is 0 Å². The van der Waals surface area contributed by atoms with Gasteiger partial charge in [0, 0.05) is 18.9 Å². The van der Waals surface area contributed by atoms with Crippen molar-refractivity contribution < 1.29 is 4.79 Å². The highest BCUT2D eigenvalue weighted by atomic mass is 16.1. The predicted molar refractivity (Wildman–Crippen MR) is 46.0 cm³/mol. The molecule has 0 radical (unpaired) electrons. The first-order valence-electron chi connectivity index (χ1n) is 4.17. The number of nitrogens with two attached hydrogens (primary N) is 1. The molecule has 0 saturated heterocycles. The molecule has 0 unspecified atom stereocenters. The van der Waals surface area contributed by atoms with Gasteiger partial charge in [-0.3, -0.25) is 4.79 Å². The number of primary amides is 1. The molecule has 0 bridgehead atoms. The van der Waals surface area contributed by atoms with Gasteiger partial charge in [0.15, 0.2) is 0 Å². The Bertz CT molecular complexity index is 339. The lowest BCUT2D eigenvalue weighted by Crippen LogP contribution is -2.11. The summed E-state index contributed by atoms with van der Waals surface area (Å²) in [4.78, 5) is 11.0. The Morgan fingerprint density at radius 2 is 2.33 bits per heavy atom. The van der Waals surface area contributed by atoms with E-state index in [4.69, 9.17) is 5.73 Å². The molecule has 1 heterocycles. The van der Waals surface area contributed by atoms with Crippen molar-refractivity contribution in [1.82, 2.24) is 4.57 Å². The van der Waals surface area contributed by atoms with E-state index in [-0.39, 0.29) is 5.91 Å². The van der Waals surface area contributed by atoms with Crippen LogP contribution >= 0.6 is 0 Å². The first-order valence-corrected chi connectivity index (χ1v) is 4.17. The van der Waals surface area contributed by atoms with Crippen LogP contribution in [-0.4, -0.2) is 10.5 Å². The molecule has 12 heavy (non-hydrogen) atoms. The minimum atomic E-state index is -0.297. The largest absolute Gasteiger partial charge is 0.366 e. The van der Waals surface area contributed by atoms with E-state index in [9.17, 15) is 4.79 Å². The molecule has 0 saturated carbocycles. The molecule has 64 valence electrons. The number of hydrogen-bond acceptors (Lipinski definition) is 1. The number of fused-ring (bicyclic) bond motifs is 1. The summed E-state index contributed by atoms with van der Waals surface area (Å²) < 4.78 is 2.02. The number of aryl methyl sites for hydroxylation is 1. The van der Waals surface area contributed by atoms with Gasteiger partial charge in [-0.05, 0) is 24.8 Å². The molecule has 3 heteroatoms. The standard InChI is InChI=1S/C9H12N2O/c1-11-5-7(9(10)12)6-3-2-4-8(6)11/h5H,2-4H2,1H3,(H2,10,12). The maximum atomic E-state index is 11.0. The molecular weight excluding hydrogens is 152 g/mol. The number of carbonyl (C=O) groups excluding carboxylic acids is 1. The van der Waals surface area contributed by atoms with Gasteiger partial charge in [0.2, 0.25) is 0 Å². The molecule has 1 aromatic heterocycles. The third-order valence-electron chi connectivity index (χ3n) is 2.53. The molecule has 0 aromatic carbocycles. The Kier molecular flexibility index (Phi) is 1.46. The second kappa shape index (κ2) is 2.37. The Labute approximate surface area is 71.2 Å². The molecule has 1 aliphatic carbocycles. The first kappa shape index (κ1) is 7.40. The van der Waals surface area contributed by atoms with Gasteiger partial charge in [-0.25, -0.2) is 0 Å². The lowest BCUT2D eigenvalue weighted by atomic mass is 10.1. The summed E-state index contributed by atoms with van der Waals surface area (Å²) in [6.45, 7) is 0. The van der Waals surface area contributed by atoms with Gasteiger partial charge in [0.25, 0.3) is 5.91 Å². The van der Waals surface area contributed by atoms with Crippen molar-refractivity contribution in [1.29, 1.82) is 0 Å². The van der Waals surface area contributed by atoms with E-state index >= 15 is 0 Å². The fraction of sp³-hybridized carbons (Fsp3) is 0.444. The van der Waals surface area contributed by atoms with Crippen molar-refractivity contribution in [2.45, 2.75) is 19.3 Å². The van der Waals surface area contributed by atoms with Crippen LogP contribution in [0.1, 0.15) is 28.0 Å². The number of rotatable bonds is 1. The zero-order valence-electron chi connectivity index (χ0n) is 7.13. The zero-order valence-corrected chi connectivity index (χ0v) is 7.13. The molecule has 2 rings (SSSR count). The molecule has 1 amide bonds. The predicted octanol–water partition coefficient (Wildman–Crippen LogP) is 0.613. The molecule has 0 spiro atoms. The van der Waals surface area contributed by atoms with Gasteiger partial charge in [-0.1, -0.05) is 0 Å². The minimum Gasteiger partial charge on any atom is -0.366 e.